The summed E-state index contributed by atoms with van der Waals surface area (Å²) in [4.78, 5) is 24.1. The normalized spacial score (nSPS) is 11.7. The molecule has 0 aliphatic carbocycles. The van der Waals surface area contributed by atoms with E-state index in [4.69, 9.17) is 9.97 Å². The molecule has 0 aliphatic rings. The van der Waals surface area contributed by atoms with E-state index < -0.39 is 0 Å². The van der Waals surface area contributed by atoms with Gasteiger partial charge in [0.25, 0.3) is 0 Å². The maximum Gasteiger partial charge on any atom is 0.221 e. The summed E-state index contributed by atoms with van der Waals surface area (Å²) in [7, 11) is 4.07. The predicted octanol–water partition coefficient (Wildman–Crippen LogP) is 3.20. The van der Waals surface area contributed by atoms with Gasteiger partial charge in [-0.15, -0.1) is 0 Å². The summed E-state index contributed by atoms with van der Waals surface area (Å²) >= 11 is 0. The second kappa shape index (κ2) is 7.94. The number of fused-ring (bicyclic) bond motifs is 4. The van der Waals surface area contributed by atoms with E-state index in [0.29, 0.717) is 19.5 Å². The number of carbonyl (C=O) groups is 1. The van der Waals surface area contributed by atoms with Gasteiger partial charge in [0.05, 0.1) is 16.6 Å². The van der Waals surface area contributed by atoms with Crippen LogP contribution in [0.15, 0.2) is 48.5 Å². The molecule has 2 heterocycles. The van der Waals surface area contributed by atoms with Crippen molar-refractivity contribution in [3.05, 3.63) is 48.5 Å². The van der Waals surface area contributed by atoms with Gasteiger partial charge in [0.1, 0.15) is 5.52 Å². The molecule has 0 aliphatic heterocycles. The van der Waals surface area contributed by atoms with Crippen LogP contribution in [-0.2, 0) is 11.3 Å². The van der Waals surface area contributed by atoms with Crippen molar-refractivity contribution in [1.29, 1.82) is 0 Å². The number of aryl methyl sites for hydroxylation is 1. The fourth-order valence-electron chi connectivity index (χ4n) is 3.53. The van der Waals surface area contributed by atoms with Gasteiger partial charge in [0.2, 0.25) is 5.91 Å². The lowest BCUT2D eigenvalue weighted by Crippen LogP contribution is -2.27. The van der Waals surface area contributed by atoms with E-state index >= 15 is 0 Å². The van der Waals surface area contributed by atoms with Gasteiger partial charge >= 0.3 is 0 Å². The number of para-hydroxylation sites is 3. The number of amides is 1. The Bertz CT molecular complexity index is 1130. The predicted molar refractivity (Wildman–Crippen MR) is 113 cm³/mol. The lowest BCUT2D eigenvalue weighted by atomic mass is 10.2. The monoisotopic (exact) mass is 375 g/mol. The highest BCUT2D eigenvalue weighted by atomic mass is 16.1. The average Bonchev–Trinajstić information content (AvgIpc) is 3.00. The number of hydrogen-bond acceptors (Lipinski definition) is 4. The van der Waals surface area contributed by atoms with Crippen molar-refractivity contribution in [2.24, 2.45) is 0 Å². The van der Waals surface area contributed by atoms with Crippen LogP contribution in [0.25, 0.3) is 33.1 Å². The van der Waals surface area contributed by atoms with Crippen LogP contribution in [0.1, 0.15) is 12.8 Å². The van der Waals surface area contributed by atoms with Crippen molar-refractivity contribution in [3.63, 3.8) is 0 Å². The van der Waals surface area contributed by atoms with Crippen LogP contribution in [-0.4, -0.2) is 52.5 Å². The van der Waals surface area contributed by atoms with Crippen LogP contribution in [0, 0.1) is 0 Å². The van der Waals surface area contributed by atoms with Gasteiger partial charge in [-0.3, -0.25) is 4.79 Å². The summed E-state index contributed by atoms with van der Waals surface area (Å²) in [5.74, 6) is 0.0680. The number of hydrogen-bond donors (Lipinski definition) is 1. The Labute approximate surface area is 164 Å². The van der Waals surface area contributed by atoms with Gasteiger partial charge in [0, 0.05) is 24.9 Å². The second-order valence-corrected chi connectivity index (χ2v) is 7.31. The summed E-state index contributed by atoms with van der Waals surface area (Å²) in [6, 6.07) is 16.1. The zero-order valence-corrected chi connectivity index (χ0v) is 16.4. The molecular weight excluding hydrogens is 350 g/mol. The zero-order valence-electron chi connectivity index (χ0n) is 16.4. The van der Waals surface area contributed by atoms with Gasteiger partial charge in [-0.05, 0) is 45.3 Å². The number of nitrogens with zero attached hydrogens (tertiary/aromatic N) is 4. The van der Waals surface area contributed by atoms with E-state index in [1.54, 1.807) is 0 Å². The van der Waals surface area contributed by atoms with Gasteiger partial charge in [-0.25, -0.2) is 9.97 Å². The molecule has 28 heavy (non-hydrogen) atoms. The topological polar surface area (TPSA) is 63.1 Å². The number of carbonyl (C=O) groups excluding carboxylic acids is 1. The first kappa shape index (κ1) is 18.4. The molecule has 0 radical (unpaired) electrons. The molecule has 0 unspecified atom stereocenters. The number of benzene rings is 2. The molecule has 0 spiro atoms. The molecule has 0 atom stereocenters. The third kappa shape index (κ3) is 3.68. The maximum absolute atomic E-state index is 12.3. The quantitative estimate of drug-likeness (QED) is 0.504. The van der Waals surface area contributed by atoms with Crippen LogP contribution in [0.5, 0.6) is 0 Å². The zero-order chi connectivity index (χ0) is 19.5. The van der Waals surface area contributed by atoms with Gasteiger partial charge < -0.3 is 14.8 Å². The van der Waals surface area contributed by atoms with Crippen molar-refractivity contribution >= 4 is 39.0 Å². The molecule has 1 amide bonds. The molecule has 0 bridgehead atoms. The largest absolute Gasteiger partial charge is 0.356 e. The number of rotatable bonds is 7. The van der Waals surface area contributed by atoms with E-state index in [-0.39, 0.29) is 5.91 Å². The van der Waals surface area contributed by atoms with Crippen LogP contribution < -0.4 is 5.32 Å². The van der Waals surface area contributed by atoms with Crippen molar-refractivity contribution in [2.45, 2.75) is 19.4 Å². The molecule has 6 nitrogen and oxygen atoms in total. The van der Waals surface area contributed by atoms with Crippen molar-refractivity contribution in [3.8, 4) is 0 Å². The molecule has 4 rings (SSSR count). The lowest BCUT2D eigenvalue weighted by Gasteiger charge is -2.10. The minimum Gasteiger partial charge on any atom is -0.356 e. The third-order valence-corrected chi connectivity index (χ3v) is 4.92. The Morgan fingerprint density at radius 1 is 1.04 bits per heavy atom. The Kier molecular flexibility index (Phi) is 5.21. The molecular formula is C22H25N5O. The smallest absolute Gasteiger partial charge is 0.221 e. The Morgan fingerprint density at radius 2 is 1.75 bits per heavy atom. The highest BCUT2D eigenvalue weighted by Gasteiger charge is 2.15. The molecule has 2 aromatic carbocycles. The van der Waals surface area contributed by atoms with Gasteiger partial charge in [0.15, 0.2) is 5.65 Å². The van der Waals surface area contributed by atoms with Crippen molar-refractivity contribution < 1.29 is 4.79 Å². The van der Waals surface area contributed by atoms with Crippen LogP contribution in [0.4, 0.5) is 0 Å². The molecule has 1 N–H and O–H groups in total. The minimum atomic E-state index is 0.0680. The molecule has 0 saturated heterocycles. The van der Waals surface area contributed by atoms with E-state index in [1.165, 1.54) is 0 Å². The standard InChI is InChI=1S/C22H25N5O/c1-26(2)14-7-13-23-20(28)12-15-27-19-11-6-3-8-16(19)21-22(27)25-18-10-5-4-9-17(18)24-21/h3-6,8-11H,7,12-15H2,1-2H3,(H,23,28). The fraction of sp³-hybridized carbons (Fsp3) is 0.318. The first-order valence-electron chi connectivity index (χ1n) is 9.68. The second-order valence-electron chi connectivity index (χ2n) is 7.31. The summed E-state index contributed by atoms with van der Waals surface area (Å²) in [6.07, 6.45) is 1.37. The highest BCUT2D eigenvalue weighted by molar-refractivity contribution is 6.06. The molecule has 0 fully saturated rings. The van der Waals surface area contributed by atoms with Crippen LogP contribution >= 0.6 is 0 Å². The van der Waals surface area contributed by atoms with Crippen molar-refractivity contribution in [2.75, 3.05) is 27.2 Å². The van der Waals surface area contributed by atoms with E-state index in [2.05, 4.69) is 26.9 Å². The van der Waals surface area contributed by atoms with E-state index in [1.807, 2.05) is 50.5 Å². The molecule has 0 saturated carbocycles. The molecule has 2 aromatic heterocycles. The minimum absolute atomic E-state index is 0.0680. The van der Waals surface area contributed by atoms with E-state index in [9.17, 15) is 4.79 Å². The average molecular weight is 375 g/mol. The molecule has 4 aromatic rings. The Morgan fingerprint density at radius 3 is 2.54 bits per heavy atom. The van der Waals surface area contributed by atoms with E-state index in [0.717, 1.165) is 46.1 Å². The summed E-state index contributed by atoms with van der Waals surface area (Å²) in [6.45, 7) is 2.25. The Hall–Kier alpha value is -2.99. The van der Waals surface area contributed by atoms with Crippen LogP contribution in [0.2, 0.25) is 0 Å². The summed E-state index contributed by atoms with van der Waals surface area (Å²) in [5.41, 5.74) is 4.54. The van der Waals surface area contributed by atoms with Gasteiger partial charge in [-0.2, -0.15) is 0 Å². The first-order chi connectivity index (χ1) is 13.6. The SMILES string of the molecule is CN(C)CCCNC(=O)CCn1c2ccccc2c2nc3ccccc3nc21. The fourth-order valence-corrected chi connectivity index (χ4v) is 3.53. The Balaban J connectivity index is 1.60. The third-order valence-electron chi connectivity index (χ3n) is 4.92. The number of nitrogens with one attached hydrogen (secondary N) is 1. The first-order valence-corrected chi connectivity index (χ1v) is 9.68. The molecule has 6 heteroatoms. The van der Waals surface area contributed by atoms with Crippen LogP contribution in [0.3, 0.4) is 0 Å². The summed E-state index contributed by atoms with van der Waals surface area (Å²) < 4.78 is 2.11. The lowest BCUT2D eigenvalue weighted by molar-refractivity contribution is -0.121. The van der Waals surface area contributed by atoms with Crippen molar-refractivity contribution in [1.82, 2.24) is 24.8 Å². The number of aromatic nitrogens is 3. The van der Waals surface area contributed by atoms with Gasteiger partial charge in [-0.1, -0.05) is 30.3 Å². The molecule has 144 valence electrons. The maximum atomic E-state index is 12.3. The summed E-state index contributed by atoms with van der Waals surface area (Å²) in [5, 5.41) is 4.08. The highest BCUT2D eigenvalue weighted by Crippen LogP contribution is 2.28.